The maximum absolute atomic E-state index is 8.97. The van der Waals surface area contributed by atoms with Crippen molar-refractivity contribution in [3.8, 4) is 0 Å². The van der Waals surface area contributed by atoms with Crippen molar-refractivity contribution in [2.45, 2.75) is 12.5 Å². The van der Waals surface area contributed by atoms with Gasteiger partial charge in [0.15, 0.2) is 0 Å². The molecule has 0 bridgehead atoms. The number of aromatic nitrogens is 1. The molecule has 0 aliphatic rings. The Morgan fingerprint density at radius 3 is 2.92 bits per heavy atom. The molecule has 3 nitrogen and oxygen atoms in total. The van der Waals surface area contributed by atoms with Crippen LogP contribution < -0.4 is 5.73 Å². The van der Waals surface area contributed by atoms with Gasteiger partial charge in [-0.3, -0.25) is 4.98 Å². The summed E-state index contributed by atoms with van der Waals surface area (Å²) in [4.78, 5) is 3.82. The average molecular weight is 187 g/mol. The highest BCUT2D eigenvalue weighted by atomic mass is 35.5. The predicted octanol–water partition coefficient (Wildman–Crippen LogP) is 0.901. The maximum Gasteiger partial charge on any atom is 0.0651 e. The van der Waals surface area contributed by atoms with Crippen LogP contribution in [0.5, 0.6) is 0 Å². The lowest BCUT2D eigenvalue weighted by molar-refractivity contribution is 0.210. The summed E-state index contributed by atoms with van der Waals surface area (Å²) in [6, 6.07) is 1.71. The minimum absolute atomic E-state index is 0.142. The molecule has 0 saturated carbocycles. The van der Waals surface area contributed by atoms with E-state index in [0.29, 0.717) is 10.6 Å². The van der Waals surface area contributed by atoms with E-state index >= 15 is 0 Å². The van der Waals surface area contributed by atoms with E-state index < -0.39 is 5.54 Å². The Morgan fingerprint density at radius 1 is 1.75 bits per heavy atom. The molecule has 1 aromatic rings. The SMILES string of the molecule is CC(N)(CO)c1ccncc1Cl. The van der Waals surface area contributed by atoms with Crippen LogP contribution in [-0.4, -0.2) is 16.7 Å². The normalized spacial score (nSPS) is 15.7. The van der Waals surface area contributed by atoms with Gasteiger partial charge in [-0.25, -0.2) is 0 Å². The molecule has 4 heteroatoms. The fourth-order valence-electron chi connectivity index (χ4n) is 0.924. The van der Waals surface area contributed by atoms with Crippen molar-refractivity contribution in [3.05, 3.63) is 29.0 Å². The second-order valence-corrected chi connectivity index (χ2v) is 3.34. The summed E-state index contributed by atoms with van der Waals surface area (Å²) in [5.41, 5.74) is 5.69. The van der Waals surface area contributed by atoms with Gasteiger partial charge in [-0.05, 0) is 18.6 Å². The lowest BCUT2D eigenvalue weighted by Crippen LogP contribution is -2.37. The van der Waals surface area contributed by atoms with E-state index in [9.17, 15) is 0 Å². The van der Waals surface area contributed by atoms with Crippen LogP contribution in [0.1, 0.15) is 12.5 Å². The molecule has 1 aromatic heterocycles. The first-order valence-electron chi connectivity index (χ1n) is 3.57. The molecule has 3 N–H and O–H groups in total. The molecular formula is C8H11ClN2O. The minimum atomic E-state index is -0.792. The molecule has 0 spiro atoms. The number of nitrogens with two attached hydrogens (primary N) is 1. The molecule has 0 fully saturated rings. The van der Waals surface area contributed by atoms with Gasteiger partial charge in [0.05, 0.1) is 17.2 Å². The Bertz CT molecular complexity index is 276. The van der Waals surface area contributed by atoms with Crippen LogP contribution in [0.2, 0.25) is 5.02 Å². The second-order valence-electron chi connectivity index (χ2n) is 2.93. The monoisotopic (exact) mass is 186 g/mol. The van der Waals surface area contributed by atoms with Gasteiger partial charge in [-0.15, -0.1) is 0 Å². The zero-order valence-corrected chi connectivity index (χ0v) is 7.54. The van der Waals surface area contributed by atoms with Crippen LogP contribution in [0.3, 0.4) is 0 Å². The Morgan fingerprint density at radius 2 is 2.42 bits per heavy atom. The highest BCUT2D eigenvalue weighted by Gasteiger charge is 2.22. The smallest absolute Gasteiger partial charge is 0.0651 e. The molecule has 1 unspecified atom stereocenters. The fraction of sp³-hybridized carbons (Fsp3) is 0.375. The van der Waals surface area contributed by atoms with Gasteiger partial charge in [-0.2, -0.15) is 0 Å². The summed E-state index contributed by atoms with van der Waals surface area (Å²) in [6.07, 6.45) is 3.11. The number of nitrogens with zero attached hydrogens (tertiary/aromatic N) is 1. The zero-order chi connectivity index (χ0) is 9.19. The third-order valence-corrected chi connectivity index (χ3v) is 2.02. The topological polar surface area (TPSA) is 59.1 Å². The highest BCUT2D eigenvalue weighted by molar-refractivity contribution is 6.31. The Hall–Kier alpha value is -0.640. The van der Waals surface area contributed by atoms with Gasteiger partial charge in [0.2, 0.25) is 0 Å². The number of aliphatic hydroxyl groups is 1. The quantitative estimate of drug-likeness (QED) is 0.722. The minimum Gasteiger partial charge on any atom is -0.394 e. The molecule has 1 heterocycles. The molecule has 0 aliphatic carbocycles. The third-order valence-electron chi connectivity index (χ3n) is 1.72. The van der Waals surface area contributed by atoms with Crippen LogP contribution in [-0.2, 0) is 5.54 Å². The van der Waals surface area contributed by atoms with E-state index in [-0.39, 0.29) is 6.61 Å². The van der Waals surface area contributed by atoms with Crippen molar-refractivity contribution in [2.75, 3.05) is 6.61 Å². The maximum atomic E-state index is 8.97. The summed E-state index contributed by atoms with van der Waals surface area (Å²) in [5, 5.41) is 9.45. The van der Waals surface area contributed by atoms with E-state index in [4.69, 9.17) is 22.4 Å². The van der Waals surface area contributed by atoms with Crippen LogP contribution in [0, 0.1) is 0 Å². The number of rotatable bonds is 2. The molecule has 12 heavy (non-hydrogen) atoms. The van der Waals surface area contributed by atoms with Crippen LogP contribution >= 0.6 is 11.6 Å². The summed E-state index contributed by atoms with van der Waals surface area (Å²) in [7, 11) is 0. The van der Waals surface area contributed by atoms with E-state index in [1.165, 1.54) is 6.20 Å². The second kappa shape index (κ2) is 3.39. The van der Waals surface area contributed by atoms with Crippen LogP contribution in [0.4, 0.5) is 0 Å². The van der Waals surface area contributed by atoms with Gasteiger partial charge >= 0.3 is 0 Å². The Kier molecular flexibility index (Phi) is 2.67. The molecular weight excluding hydrogens is 176 g/mol. The molecule has 1 rings (SSSR count). The summed E-state index contributed by atoms with van der Waals surface area (Å²) in [6.45, 7) is 1.57. The summed E-state index contributed by atoms with van der Waals surface area (Å²) < 4.78 is 0. The van der Waals surface area contributed by atoms with E-state index in [1.807, 2.05) is 0 Å². The van der Waals surface area contributed by atoms with Crippen molar-refractivity contribution in [3.63, 3.8) is 0 Å². The number of halogens is 1. The highest BCUT2D eigenvalue weighted by Crippen LogP contribution is 2.23. The predicted molar refractivity (Wildman–Crippen MR) is 47.9 cm³/mol. The number of aliphatic hydroxyl groups excluding tert-OH is 1. The van der Waals surface area contributed by atoms with Crippen molar-refractivity contribution in [2.24, 2.45) is 5.73 Å². The van der Waals surface area contributed by atoms with Gasteiger partial charge < -0.3 is 10.8 Å². The van der Waals surface area contributed by atoms with Gasteiger partial charge in [0, 0.05) is 12.4 Å². The lowest BCUT2D eigenvalue weighted by Gasteiger charge is -2.22. The number of hydrogen-bond acceptors (Lipinski definition) is 3. The average Bonchev–Trinajstić information content (AvgIpc) is 2.05. The third kappa shape index (κ3) is 1.75. The van der Waals surface area contributed by atoms with E-state index in [2.05, 4.69) is 4.98 Å². The van der Waals surface area contributed by atoms with E-state index in [0.717, 1.165) is 0 Å². The molecule has 0 saturated heterocycles. The van der Waals surface area contributed by atoms with Gasteiger partial charge in [0.1, 0.15) is 0 Å². The first-order chi connectivity index (χ1) is 5.58. The van der Waals surface area contributed by atoms with Crippen molar-refractivity contribution in [1.82, 2.24) is 4.98 Å². The Balaban J connectivity index is 3.10. The lowest BCUT2D eigenvalue weighted by atomic mass is 9.95. The molecule has 0 aromatic carbocycles. The fourth-order valence-corrected chi connectivity index (χ4v) is 1.26. The van der Waals surface area contributed by atoms with Crippen LogP contribution in [0.25, 0.3) is 0 Å². The standard InChI is InChI=1S/C8H11ClN2O/c1-8(10,5-12)6-2-3-11-4-7(6)9/h2-4,12H,5,10H2,1H3. The molecule has 0 radical (unpaired) electrons. The van der Waals surface area contributed by atoms with Crippen molar-refractivity contribution in [1.29, 1.82) is 0 Å². The van der Waals surface area contributed by atoms with Crippen molar-refractivity contribution < 1.29 is 5.11 Å². The molecule has 0 aliphatic heterocycles. The molecule has 1 atom stereocenters. The van der Waals surface area contributed by atoms with Crippen molar-refractivity contribution >= 4 is 11.6 Å². The Labute approximate surface area is 76.2 Å². The molecule has 0 amide bonds. The largest absolute Gasteiger partial charge is 0.394 e. The molecule has 66 valence electrons. The zero-order valence-electron chi connectivity index (χ0n) is 6.79. The van der Waals surface area contributed by atoms with Gasteiger partial charge in [-0.1, -0.05) is 11.6 Å². The van der Waals surface area contributed by atoms with Crippen LogP contribution in [0.15, 0.2) is 18.5 Å². The number of pyridine rings is 1. The first-order valence-corrected chi connectivity index (χ1v) is 3.95. The van der Waals surface area contributed by atoms with E-state index in [1.54, 1.807) is 19.2 Å². The number of hydrogen-bond donors (Lipinski definition) is 2. The summed E-state index contributed by atoms with van der Waals surface area (Å²) in [5.74, 6) is 0. The van der Waals surface area contributed by atoms with Gasteiger partial charge in [0.25, 0.3) is 0 Å². The first kappa shape index (κ1) is 9.45. The summed E-state index contributed by atoms with van der Waals surface area (Å²) >= 11 is 5.83.